The van der Waals surface area contributed by atoms with E-state index in [0.29, 0.717) is 0 Å². The van der Waals surface area contributed by atoms with Gasteiger partial charge in [-0.1, -0.05) is 18.2 Å². The van der Waals surface area contributed by atoms with Gasteiger partial charge in [-0.25, -0.2) is 0 Å². The molecular weight excluding hydrogens is 194 g/mol. The number of rotatable bonds is 1. The molecule has 76 valence electrons. The van der Waals surface area contributed by atoms with E-state index in [1.54, 1.807) is 0 Å². The fraction of sp³-hybridized carbons (Fsp3) is 0. The summed E-state index contributed by atoms with van der Waals surface area (Å²) in [6, 6.07) is 23.0. The van der Waals surface area contributed by atoms with Crippen LogP contribution < -0.4 is 4.40 Å². The molecule has 0 amide bonds. The van der Waals surface area contributed by atoms with Crippen LogP contribution in [0.4, 0.5) is 0 Å². The van der Waals surface area contributed by atoms with Crippen LogP contribution in [-0.2, 0) is 0 Å². The normalized spacial score (nSPS) is 10.5. The lowest BCUT2D eigenvalue weighted by Gasteiger charge is -1.98. The second-order valence-corrected chi connectivity index (χ2v) is 3.77. The maximum Gasteiger partial charge on any atom is 0.218 e. The van der Waals surface area contributed by atoms with Gasteiger partial charge in [0, 0.05) is 29.8 Å². The molecule has 16 heavy (non-hydrogen) atoms. The maximum atomic E-state index is 2.20. The third kappa shape index (κ3) is 1.47. The SMILES string of the molecule is c1ccc(-c2cccc3cccc[n+]23)cc1. The second-order valence-electron chi connectivity index (χ2n) is 3.77. The predicted octanol–water partition coefficient (Wildman–Crippen LogP) is 3.09. The molecule has 0 atom stereocenters. The highest BCUT2D eigenvalue weighted by Gasteiger charge is 2.09. The monoisotopic (exact) mass is 206 g/mol. The van der Waals surface area contributed by atoms with Crippen LogP contribution in [0.2, 0.25) is 0 Å². The van der Waals surface area contributed by atoms with Crippen LogP contribution in [0.5, 0.6) is 0 Å². The number of aromatic nitrogens is 1. The molecular formula is C15H12N+. The molecule has 0 N–H and O–H groups in total. The van der Waals surface area contributed by atoms with Gasteiger partial charge in [-0.2, -0.15) is 4.40 Å². The fourth-order valence-electron chi connectivity index (χ4n) is 1.97. The molecule has 0 fully saturated rings. The van der Waals surface area contributed by atoms with Crippen LogP contribution in [0.3, 0.4) is 0 Å². The summed E-state index contributed by atoms with van der Waals surface area (Å²) in [4.78, 5) is 0. The molecule has 0 aliphatic heterocycles. The summed E-state index contributed by atoms with van der Waals surface area (Å²) >= 11 is 0. The van der Waals surface area contributed by atoms with Crippen LogP contribution in [0.15, 0.2) is 72.9 Å². The summed E-state index contributed by atoms with van der Waals surface area (Å²) in [5, 5.41) is 0. The lowest BCUT2D eigenvalue weighted by atomic mass is 10.1. The molecule has 0 aliphatic carbocycles. The first-order valence-corrected chi connectivity index (χ1v) is 5.40. The van der Waals surface area contributed by atoms with E-state index in [1.807, 2.05) is 6.07 Å². The first-order chi connectivity index (χ1) is 7.95. The zero-order valence-corrected chi connectivity index (χ0v) is 8.88. The van der Waals surface area contributed by atoms with E-state index < -0.39 is 0 Å². The summed E-state index contributed by atoms with van der Waals surface area (Å²) in [7, 11) is 0. The van der Waals surface area contributed by atoms with E-state index in [4.69, 9.17) is 0 Å². The highest BCUT2D eigenvalue weighted by Crippen LogP contribution is 2.14. The van der Waals surface area contributed by atoms with Gasteiger partial charge < -0.3 is 0 Å². The Kier molecular flexibility index (Phi) is 2.15. The zero-order valence-electron chi connectivity index (χ0n) is 8.88. The van der Waals surface area contributed by atoms with E-state index in [-0.39, 0.29) is 0 Å². The first kappa shape index (κ1) is 9.10. The molecule has 1 heteroatoms. The maximum absolute atomic E-state index is 2.20. The van der Waals surface area contributed by atoms with Gasteiger partial charge in [0.05, 0.1) is 0 Å². The van der Waals surface area contributed by atoms with Crippen LogP contribution in [0.1, 0.15) is 0 Å². The van der Waals surface area contributed by atoms with Gasteiger partial charge in [0.1, 0.15) is 0 Å². The molecule has 0 radical (unpaired) electrons. The molecule has 3 aromatic rings. The van der Waals surface area contributed by atoms with E-state index in [0.717, 1.165) is 0 Å². The summed E-state index contributed by atoms with van der Waals surface area (Å²) < 4.78 is 2.20. The Morgan fingerprint density at radius 1 is 0.625 bits per heavy atom. The molecule has 0 saturated carbocycles. The minimum atomic E-state index is 1.21. The van der Waals surface area contributed by atoms with Crippen molar-refractivity contribution in [2.45, 2.75) is 0 Å². The molecule has 2 heterocycles. The number of fused-ring (bicyclic) bond motifs is 1. The Balaban J connectivity index is 2.32. The summed E-state index contributed by atoms with van der Waals surface area (Å²) in [5.74, 6) is 0. The Morgan fingerprint density at radius 2 is 1.38 bits per heavy atom. The van der Waals surface area contributed by atoms with Gasteiger partial charge in [0.15, 0.2) is 6.20 Å². The van der Waals surface area contributed by atoms with Gasteiger partial charge in [0.25, 0.3) is 0 Å². The van der Waals surface area contributed by atoms with Crippen molar-refractivity contribution in [3.05, 3.63) is 72.9 Å². The van der Waals surface area contributed by atoms with E-state index in [1.165, 1.54) is 16.8 Å². The average molecular weight is 206 g/mol. The van der Waals surface area contributed by atoms with Crippen molar-refractivity contribution in [1.29, 1.82) is 0 Å². The quantitative estimate of drug-likeness (QED) is 0.539. The van der Waals surface area contributed by atoms with Gasteiger partial charge in [-0.3, -0.25) is 0 Å². The second kappa shape index (κ2) is 3.78. The lowest BCUT2D eigenvalue weighted by molar-refractivity contribution is -0.499. The third-order valence-electron chi connectivity index (χ3n) is 2.74. The topological polar surface area (TPSA) is 4.10 Å². The van der Waals surface area contributed by atoms with Crippen LogP contribution >= 0.6 is 0 Å². The van der Waals surface area contributed by atoms with Gasteiger partial charge >= 0.3 is 0 Å². The number of nitrogens with zero attached hydrogens (tertiary/aromatic N) is 1. The minimum absolute atomic E-state index is 1.21. The summed E-state index contributed by atoms with van der Waals surface area (Å²) in [6.45, 7) is 0. The zero-order chi connectivity index (χ0) is 10.8. The highest BCUT2D eigenvalue weighted by molar-refractivity contribution is 5.57. The molecule has 0 saturated heterocycles. The smallest absolute Gasteiger partial charge is 0.160 e. The standard InChI is InChI=1S/C15H12N/c1-2-7-13(8-3-1)15-11-6-10-14-9-4-5-12-16(14)15/h1-12H/q+1. The van der Waals surface area contributed by atoms with Crippen molar-refractivity contribution >= 4 is 5.52 Å². The Hall–Kier alpha value is -2.15. The van der Waals surface area contributed by atoms with E-state index in [2.05, 4.69) is 71.3 Å². The summed E-state index contributed by atoms with van der Waals surface area (Å²) in [5.41, 5.74) is 3.67. The van der Waals surface area contributed by atoms with Crippen molar-refractivity contribution in [3.63, 3.8) is 0 Å². The van der Waals surface area contributed by atoms with Crippen molar-refractivity contribution in [1.82, 2.24) is 0 Å². The Morgan fingerprint density at radius 3 is 2.25 bits per heavy atom. The van der Waals surface area contributed by atoms with Gasteiger partial charge in [-0.15, -0.1) is 0 Å². The Labute approximate surface area is 94.6 Å². The van der Waals surface area contributed by atoms with E-state index in [9.17, 15) is 0 Å². The molecule has 1 nitrogen and oxygen atoms in total. The molecule has 0 bridgehead atoms. The largest absolute Gasteiger partial charge is 0.218 e. The summed E-state index contributed by atoms with van der Waals surface area (Å²) in [6.07, 6.45) is 2.09. The molecule has 0 aliphatic rings. The van der Waals surface area contributed by atoms with Gasteiger partial charge in [0.2, 0.25) is 11.2 Å². The molecule has 0 spiro atoms. The molecule has 3 rings (SSSR count). The van der Waals surface area contributed by atoms with Crippen LogP contribution in [0.25, 0.3) is 16.8 Å². The van der Waals surface area contributed by atoms with Crippen molar-refractivity contribution in [3.8, 4) is 11.3 Å². The third-order valence-corrected chi connectivity index (χ3v) is 2.74. The molecule has 0 unspecified atom stereocenters. The fourth-order valence-corrected chi connectivity index (χ4v) is 1.97. The predicted molar refractivity (Wildman–Crippen MR) is 65.0 cm³/mol. The van der Waals surface area contributed by atoms with Crippen molar-refractivity contribution in [2.75, 3.05) is 0 Å². The highest BCUT2D eigenvalue weighted by atomic mass is 14.9. The van der Waals surface area contributed by atoms with Crippen LogP contribution in [0, 0.1) is 0 Å². The molecule has 2 aromatic heterocycles. The van der Waals surface area contributed by atoms with E-state index >= 15 is 0 Å². The molecule has 1 aromatic carbocycles. The Bertz CT molecular complexity index is 609. The number of hydrogen-bond acceptors (Lipinski definition) is 0. The average Bonchev–Trinajstić information content (AvgIpc) is 2.39. The number of benzene rings is 1. The van der Waals surface area contributed by atoms with Crippen molar-refractivity contribution in [2.24, 2.45) is 0 Å². The minimum Gasteiger partial charge on any atom is -0.160 e. The van der Waals surface area contributed by atoms with Crippen molar-refractivity contribution < 1.29 is 4.40 Å². The van der Waals surface area contributed by atoms with Crippen LogP contribution in [-0.4, -0.2) is 0 Å². The number of hydrogen-bond donors (Lipinski definition) is 0. The first-order valence-electron chi connectivity index (χ1n) is 5.40. The van der Waals surface area contributed by atoms with Gasteiger partial charge in [-0.05, 0) is 24.3 Å². The lowest BCUT2D eigenvalue weighted by Crippen LogP contribution is -2.23. The number of pyridine rings is 2.